The Bertz CT molecular complexity index is 1610. The van der Waals surface area contributed by atoms with Crippen LogP contribution in [0.2, 0.25) is 0 Å². The van der Waals surface area contributed by atoms with Crippen molar-refractivity contribution in [2.24, 2.45) is 20.5 Å². The Labute approximate surface area is 214 Å². The molecular formula is C24H22N14. The number of pyridine rings is 2. The molecule has 0 aliphatic rings. The van der Waals surface area contributed by atoms with E-state index in [1.54, 1.807) is 12.4 Å². The van der Waals surface area contributed by atoms with Crippen LogP contribution >= 0.6 is 0 Å². The number of anilines is 4. The maximum absolute atomic E-state index is 5.63. The number of nitrogen functional groups attached to an aromatic ring is 4. The second-order valence-electron chi connectivity index (χ2n) is 7.90. The molecule has 0 atom stereocenters. The number of hydrogen-bond acceptors (Lipinski definition) is 12. The molecule has 0 spiro atoms. The number of azo groups is 2. The molecule has 0 radical (unpaired) electrons. The molecule has 4 aromatic heterocycles. The summed E-state index contributed by atoms with van der Waals surface area (Å²) in [6.07, 6.45) is 3.49. The van der Waals surface area contributed by atoms with Gasteiger partial charge in [0.1, 0.15) is 11.6 Å². The molecular weight excluding hydrogens is 484 g/mol. The van der Waals surface area contributed by atoms with Gasteiger partial charge in [-0.25, -0.2) is 0 Å². The van der Waals surface area contributed by atoms with Crippen LogP contribution in [0.3, 0.4) is 0 Å². The average molecular weight is 507 g/mol. The zero-order chi connectivity index (χ0) is 26.5. The summed E-state index contributed by atoms with van der Waals surface area (Å²) >= 11 is 0. The molecule has 6 aromatic rings. The number of rotatable bonds is 4. The van der Waals surface area contributed by atoms with Crippen molar-refractivity contribution >= 4 is 67.8 Å². The lowest BCUT2D eigenvalue weighted by atomic mass is 10.2. The van der Waals surface area contributed by atoms with Gasteiger partial charge in [-0.3, -0.25) is 20.2 Å². The Hall–Kier alpha value is -5.92. The van der Waals surface area contributed by atoms with Crippen molar-refractivity contribution in [1.29, 1.82) is 0 Å². The lowest BCUT2D eigenvalue weighted by Gasteiger charge is -1.97. The third kappa shape index (κ3) is 5.18. The van der Waals surface area contributed by atoms with Crippen molar-refractivity contribution in [3.05, 3.63) is 73.1 Å². The van der Waals surface area contributed by atoms with E-state index in [2.05, 4.69) is 50.8 Å². The molecule has 0 unspecified atom stereocenters. The summed E-state index contributed by atoms with van der Waals surface area (Å²) in [5.74, 6) is 1.04. The van der Waals surface area contributed by atoms with Crippen molar-refractivity contribution in [3.63, 3.8) is 0 Å². The molecule has 0 bridgehead atoms. The number of benzene rings is 2. The van der Waals surface area contributed by atoms with Gasteiger partial charge in [0.05, 0.1) is 22.4 Å². The van der Waals surface area contributed by atoms with Crippen LogP contribution in [0.5, 0.6) is 0 Å². The molecule has 0 saturated heterocycles. The number of nitrogens with one attached hydrogen (secondary N) is 2. The average Bonchev–Trinajstić information content (AvgIpc) is 3.44. The Balaban J connectivity index is 0.000000155. The van der Waals surface area contributed by atoms with E-state index in [4.69, 9.17) is 22.9 Å². The minimum atomic E-state index is 0.226. The fourth-order valence-electron chi connectivity index (χ4n) is 3.40. The molecule has 6 rings (SSSR count). The number of nitrogens with zero attached hydrogens (tertiary/aromatic N) is 8. The van der Waals surface area contributed by atoms with E-state index in [1.807, 2.05) is 60.7 Å². The summed E-state index contributed by atoms with van der Waals surface area (Å²) in [5.41, 5.74) is 26.4. The normalized spacial score (nSPS) is 11.4. The van der Waals surface area contributed by atoms with Crippen molar-refractivity contribution in [3.8, 4) is 0 Å². The molecule has 2 aromatic carbocycles. The van der Waals surface area contributed by atoms with Crippen LogP contribution in [0.1, 0.15) is 0 Å². The fourth-order valence-corrected chi connectivity index (χ4v) is 3.40. The highest BCUT2D eigenvalue weighted by atomic mass is 15.3. The molecule has 14 nitrogen and oxygen atoms in total. The number of H-pyrrole nitrogens is 2. The van der Waals surface area contributed by atoms with Gasteiger partial charge in [-0.15, -0.1) is 10.2 Å². The van der Waals surface area contributed by atoms with E-state index in [0.29, 0.717) is 34.4 Å². The second kappa shape index (κ2) is 10.4. The summed E-state index contributed by atoms with van der Waals surface area (Å²) < 4.78 is 0. The molecule has 0 fully saturated rings. The van der Waals surface area contributed by atoms with Gasteiger partial charge in [0.15, 0.2) is 23.0 Å². The van der Waals surface area contributed by atoms with Crippen molar-refractivity contribution in [1.82, 2.24) is 30.4 Å². The van der Waals surface area contributed by atoms with Crippen LogP contribution in [0, 0.1) is 0 Å². The largest absolute Gasteiger partial charge is 0.382 e. The Morgan fingerprint density at radius 1 is 0.553 bits per heavy atom. The first-order valence-electron chi connectivity index (χ1n) is 11.2. The van der Waals surface area contributed by atoms with Gasteiger partial charge in [-0.1, -0.05) is 12.1 Å². The van der Waals surface area contributed by atoms with Crippen LogP contribution in [0.15, 0.2) is 93.5 Å². The number of fused-ring (bicyclic) bond motifs is 2. The summed E-state index contributed by atoms with van der Waals surface area (Å²) in [6.45, 7) is 0. The minimum Gasteiger partial charge on any atom is -0.382 e. The molecule has 10 N–H and O–H groups in total. The lowest BCUT2D eigenvalue weighted by molar-refractivity contribution is 1.11. The van der Waals surface area contributed by atoms with E-state index in [9.17, 15) is 0 Å². The highest BCUT2D eigenvalue weighted by Crippen LogP contribution is 2.30. The molecule has 0 saturated carbocycles. The van der Waals surface area contributed by atoms with Crippen LogP contribution in [0.4, 0.5) is 46.0 Å². The molecule has 38 heavy (non-hydrogen) atoms. The van der Waals surface area contributed by atoms with Crippen LogP contribution in [-0.2, 0) is 0 Å². The SMILES string of the molecule is Nc1n[nH]c(N)c1N=Nc1ccc2ncccc2c1.Nc1n[nH]c(N)c1N=Nc1ccc2ncccc2c1. The first-order valence-corrected chi connectivity index (χ1v) is 11.2. The summed E-state index contributed by atoms with van der Waals surface area (Å²) in [5, 5.41) is 30.8. The molecule has 4 heterocycles. The van der Waals surface area contributed by atoms with Crippen molar-refractivity contribution in [2.45, 2.75) is 0 Å². The topological polar surface area (TPSA) is 237 Å². The van der Waals surface area contributed by atoms with Gasteiger partial charge in [0.2, 0.25) is 0 Å². The van der Waals surface area contributed by atoms with Crippen LogP contribution < -0.4 is 22.9 Å². The van der Waals surface area contributed by atoms with Gasteiger partial charge in [0.25, 0.3) is 0 Å². The quantitative estimate of drug-likeness (QED) is 0.176. The first kappa shape index (κ1) is 23.8. The number of aromatic amines is 2. The van der Waals surface area contributed by atoms with Crippen molar-refractivity contribution in [2.75, 3.05) is 22.9 Å². The fraction of sp³-hybridized carbons (Fsp3) is 0. The summed E-state index contributed by atoms with van der Waals surface area (Å²) in [7, 11) is 0. The van der Waals surface area contributed by atoms with E-state index < -0.39 is 0 Å². The molecule has 0 aliphatic heterocycles. The molecule has 0 aliphatic carbocycles. The predicted molar refractivity (Wildman–Crippen MR) is 147 cm³/mol. The summed E-state index contributed by atoms with van der Waals surface area (Å²) in [6, 6.07) is 18.8. The third-order valence-electron chi connectivity index (χ3n) is 5.29. The van der Waals surface area contributed by atoms with E-state index in [1.165, 1.54) is 0 Å². The summed E-state index contributed by atoms with van der Waals surface area (Å²) in [4.78, 5) is 8.47. The van der Waals surface area contributed by atoms with Gasteiger partial charge in [-0.2, -0.15) is 20.4 Å². The highest BCUT2D eigenvalue weighted by molar-refractivity contribution is 5.82. The second-order valence-corrected chi connectivity index (χ2v) is 7.90. The third-order valence-corrected chi connectivity index (χ3v) is 5.29. The van der Waals surface area contributed by atoms with E-state index in [0.717, 1.165) is 21.8 Å². The van der Waals surface area contributed by atoms with Gasteiger partial charge in [0, 0.05) is 23.2 Å². The smallest absolute Gasteiger partial charge is 0.175 e. The van der Waals surface area contributed by atoms with Crippen LogP contribution in [0.25, 0.3) is 21.8 Å². The van der Waals surface area contributed by atoms with Crippen LogP contribution in [-0.4, -0.2) is 30.4 Å². The molecule has 0 amide bonds. The predicted octanol–water partition coefficient (Wildman–Crippen LogP) is 5.08. The monoisotopic (exact) mass is 506 g/mol. The number of nitrogens with two attached hydrogens (primary N) is 4. The standard InChI is InChI=1S/2C12H11N7/c2*13-11-10(12(14)19-18-11)17-16-8-3-4-9-7(6-8)2-1-5-15-9/h2*1-6H,(H5,13,14,18,19). The molecule has 14 heteroatoms. The Morgan fingerprint density at radius 2 is 1.00 bits per heavy atom. The minimum absolute atomic E-state index is 0.226. The lowest BCUT2D eigenvalue weighted by Crippen LogP contribution is -1.84. The zero-order valence-electron chi connectivity index (χ0n) is 19.8. The van der Waals surface area contributed by atoms with Crippen molar-refractivity contribution < 1.29 is 0 Å². The Morgan fingerprint density at radius 3 is 1.39 bits per heavy atom. The number of hydrogen-bond donors (Lipinski definition) is 6. The van der Waals surface area contributed by atoms with E-state index in [-0.39, 0.29) is 11.6 Å². The zero-order valence-corrected chi connectivity index (χ0v) is 19.8. The maximum Gasteiger partial charge on any atom is 0.175 e. The maximum atomic E-state index is 5.63. The first-order chi connectivity index (χ1) is 18.5. The van der Waals surface area contributed by atoms with E-state index >= 15 is 0 Å². The van der Waals surface area contributed by atoms with Gasteiger partial charge in [-0.05, 0) is 48.5 Å². The highest BCUT2D eigenvalue weighted by Gasteiger charge is 2.07. The number of aromatic nitrogens is 6. The Kier molecular flexibility index (Phi) is 6.49. The van der Waals surface area contributed by atoms with Gasteiger partial charge >= 0.3 is 0 Å². The van der Waals surface area contributed by atoms with Gasteiger partial charge < -0.3 is 22.9 Å². The molecule has 188 valence electrons.